The van der Waals surface area contributed by atoms with Gasteiger partial charge in [-0.3, -0.25) is 10.1 Å². The number of carbonyl (C=O) groups is 2. The van der Waals surface area contributed by atoms with Gasteiger partial charge in [0.05, 0.1) is 30.0 Å². The lowest BCUT2D eigenvalue weighted by Crippen LogP contribution is -2.51. The molecule has 11 heteroatoms. The average molecular weight is 399 g/mol. The van der Waals surface area contributed by atoms with Crippen LogP contribution in [0.1, 0.15) is 25.5 Å². The third-order valence-corrected chi connectivity index (χ3v) is 5.26. The van der Waals surface area contributed by atoms with E-state index in [1.807, 2.05) is 0 Å². The first-order valence-corrected chi connectivity index (χ1v) is 8.72. The second-order valence-electron chi connectivity index (χ2n) is 7.48. The van der Waals surface area contributed by atoms with Gasteiger partial charge in [0, 0.05) is 18.5 Å². The predicted octanol–water partition coefficient (Wildman–Crippen LogP) is 1.79. The van der Waals surface area contributed by atoms with Gasteiger partial charge in [-0.05, 0) is 6.07 Å². The maximum Gasteiger partial charge on any atom is 0.321 e. The van der Waals surface area contributed by atoms with E-state index in [0.29, 0.717) is 17.0 Å². The number of urea groups is 1. The molecule has 0 aromatic carbocycles. The summed E-state index contributed by atoms with van der Waals surface area (Å²) >= 11 is 5.98. The van der Waals surface area contributed by atoms with Gasteiger partial charge < -0.3 is 10.2 Å². The van der Waals surface area contributed by atoms with Crippen molar-refractivity contribution in [3.8, 4) is 0 Å². The molecule has 2 aliphatic heterocycles. The molecule has 0 spiro atoms. The number of nitrogens with one attached hydrogen (secondary N) is 2. The number of carbonyl (C=O) groups excluding carboxylic acids is 2. The van der Waals surface area contributed by atoms with Crippen molar-refractivity contribution in [2.24, 2.45) is 5.41 Å². The molecule has 1 unspecified atom stereocenters. The maximum absolute atomic E-state index is 14.4. The van der Waals surface area contributed by atoms with Gasteiger partial charge in [-0.25, -0.2) is 23.1 Å². The van der Waals surface area contributed by atoms with E-state index in [0.717, 1.165) is 0 Å². The molecule has 2 N–H and O–H groups in total. The van der Waals surface area contributed by atoms with Crippen molar-refractivity contribution in [3.05, 3.63) is 23.1 Å². The quantitative estimate of drug-likeness (QED) is 0.804. The molecule has 0 saturated carbocycles. The lowest BCUT2D eigenvalue weighted by atomic mass is 9.89. The Morgan fingerprint density at radius 3 is 2.67 bits per heavy atom. The highest BCUT2D eigenvalue weighted by atomic mass is 35.5. The van der Waals surface area contributed by atoms with Crippen molar-refractivity contribution in [3.63, 3.8) is 0 Å². The summed E-state index contributed by atoms with van der Waals surface area (Å²) in [5.74, 6) is -4.14. The Morgan fingerprint density at radius 1 is 1.30 bits per heavy atom. The van der Waals surface area contributed by atoms with Crippen LogP contribution in [0.5, 0.6) is 0 Å². The predicted molar refractivity (Wildman–Crippen MR) is 93.2 cm³/mol. The van der Waals surface area contributed by atoms with E-state index in [1.54, 1.807) is 6.07 Å². The number of imidazole rings is 1. The van der Waals surface area contributed by atoms with Gasteiger partial charge in [-0.2, -0.15) is 5.10 Å². The number of rotatable bonds is 2. The second-order valence-corrected chi connectivity index (χ2v) is 7.87. The highest BCUT2D eigenvalue weighted by Gasteiger charge is 2.54. The Bertz CT molecular complexity index is 944. The fraction of sp³-hybridized carbons (Fsp3) is 0.500. The molecule has 0 aliphatic carbocycles. The Morgan fingerprint density at radius 2 is 2.04 bits per heavy atom. The van der Waals surface area contributed by atoms with Gasteiger partial charge in [0.25, 0.3) is 5.92 Å². The summed E-state index contributed by atoms with van der Waals surface area (Å²) in [5, 5.41) is 9.22. The molecule has 1 atom stereocenters. The van der Waals surface area contributed by atoms with Gasteiger partial charge in [0.2, 0.25) is 5.91 Å². The molecule has 2 aliphatic rings. The molecule has 4 rings (SSSR count). The highest BCUT2D eigenvalue weighted by Crippen LogP contribution is 2.45. The van der Waals surface area contributed by atoms with Crippen LogP contribution in [0, 0.1) is 5.41 Å². The SMILES string of the molecule is CC1(C)CN(c2cc(C3CNC(=O)NC3=O)nn3cc(Cl)nc23)CC1(F)F. The van der Waals surface area contributed by atoms with Crippen molar-refractivity contribution in [2.75, 3.05) is 24.5 Å². The Balaban J connectivity index is 1.81. The first-order valence-electron chi connectivity index (χ1n) is 8.35. The lowest BCUT2D eigenvalue weighted by Gasteiger charge is -2.25. The van der Waals surface area contributed by atoms with Crippen LogP contribution in [0.4, 0.5) is 19.3 Å². The Hall–Kier alpha value is -2.49. The minimum atomic E-state index is -2.89. The molecule has 8 nitrogen and oxygen atoms in total. The summed E-state index contributed by atoms with van der Waals surface area (Å²) in [7, 11) is 0. The van der Waals surface area contributed by atoms with E-state index < -0.39 is 35.7 Å². The molecule has 2 saturated heterocycles. The van der Waals surface area contributed by atoms with Gasteiger partial charge >= 0.3 is 6.03 Å². The van der Waals surface area contributed by atoms with E-state index in [4.69, 9.17) is 11.6 Å². The van der Waals surface area contributed by atoms with Crippen molar-refractivity contribution < 1.29 is 18.4 Å². The largest absolute Gasteiger partial charge is 0.362 e. The molecule has 2 fully saturated rings. The first-order chi connectivity index (χ1) is 12.6. The van der Waals surface area contributed by atoms with E-state index in [2.05, 4.69) is 20.7 Å². The van der Waals surface area contributed by atoms with Gasteiger partial charge in [0.15, 0.2) is 5.65 Å². The van der Waals surface area contributed by atoms with E-state index in [-0.39, 0.29) is 18.2 Å². The van der Waals surface area contributed by atoms with Crippen LogP contribution in [0.3, 0.4) is 0 Å². The maximum atomic E-state index is 14.4. The van der Waals surface area contributed by atoms with Crippen molar-refractivity contribution in [2.45, 2.75) is 25.7 Å². The number of hydrogen-bond donors (Lipinski definition) is 2. The summed E-state index contributed by atoms with van der Waals surface area (Å²) in [5.41, 5.74) is -0.142. The van der Waals surface area contributed by atoms with Crippen LogP contribution in [0.15, 0.2) is 12.3 Å². The number of hydrogen-bond acceptors (Lipinski definition) is 5. The Labute approximate surface area is 157 Å². The zero-order valence-electron chi connectivity index (χ0n) is 14.6. The summed E-state index contributed by atoms with van der Waals surface area (Å²) in [6.45, 7) is 2.71. The smallest absolute Gasteiger partial charge is 0.321 e. The third-order valence-electron chi connectivity index (χ3n) is 5.08. The van der Waals surface area contributed by atoms with Crippen LogP contribution >= 0.6 is 11.6 Å². The minimum Gasteiger partial charge on any atom is -0.362 e. The summed E-state index contributed by atoms with van der Waals surface area (Å²) in [6, 6.07) is 0.988. The summed E-state index contributed by atoms with van der Waals surface area (Å²) in [6.07, 6.45) is 1.45. The second kappa shape index (κ2) is 5.75. The zero-order chi connectivity index (χ0) is 19.6. The van der Waals surface area contributed by atoms with Gasteiger partial charge in [-0.15, -0.1) is 0 Å². The van der Waals surface area contributed by atoms with E-state index >= 15 is 0 Å². The van der Waals surface area contributed by atoms with Crippen LogP contribution in [-0.2, 0) is 4.79 Å². The molecule has 27 heavy (non-hydrogen) atoms. The number of anilines is 1. The number of amides is 3. The molecule has 144 valence electrons. The highest BCUT2D eigenvalue weighted by molar-refractivity contribution is 6.29. The van der Waals surface area contributed by atoms with Crippen LogP contribution in [0.2, 0.25) is 5.15 Å². The average Bonchev–Trinajstić information content (AvgIpc) is 3.02. The summed E-state index contributed by atoms with van der Waals surface area (Å²) < 4.78 is 30.2. The van der Waals surface area contributed by atoms with Crippen LogP contribution < -0.4 is 15.5 Å². The van der Waals surface area contributed by atoms with E-state index in [9.17, 15) is 18.4 Å². The number of imide groups is 1. The molecule has 0 radical (unpaired) electrons. The number of fused-ring (bicyclic) bond motifs is 1. The number of alkyl halides is 2. The third kappa shape index (κ3) is 2.88. The zero-order valence-corrected chi connectivity index (χ0v) is 15.3. The molecular weight excluding hydrogens is 382 g/mol. The minimum absolute atomic E-state index is 0.0622. The van der Waals surface area contributed by atoms with Crippen LogP contribution in [0.25, 0.3) is 5.65 Å². The monoisotopic (exact) mass is 398 g/mol. The van der Waals surface area contributed by atoms with Gasteiger partial charge in [0.1, 0.15) is 5.15 Å². The molecule has 0 bridgehead atoms. The lowest BCUT2D eigenvalue weighted by molar-refractivity contribution is -0.122. The van der Waals surface area contributed by atoms with Crippen molar-refractivity contribution in [1.29, 1.82) is 0 Å². The van der Waals surface area contributed by atoms with E-state index in [1.165, 1.54) is 29.5 Å². The molecule has 3 amide bonds. The fourth-order valence-electron chi connectivity index (χ4n) is 3.40. The molecule has 2 aromatic heterocycles. The molecule has 2 aromatic rings. The topological polar surface area (TPSA) is 91.6 Å². The fourth-order valence-corrected chi connectivity index (χ4v) is 3.57. The van der Waals surface area contributed by atoms with Crippen molar-refractivity contribution >= 4 is 34.9 Å². The number of nitrogens with zero attached hydrogens (tertiary/aromatic N) is 4. The first kappa shape index (κ1) is 17.9. The molecule has 4 heterocycles. The number of halogens is 3. The Kier molecular flexibility index (Phi) is 3.81. The standard InChI is InChI=1S/C16H17ClF2N6O2/c1-15(2)6-24(7-16(15,18)19)10-3-9(8-4-20-14(27)22-13(8)26)23-25-5-11(17)21-12(10)25/h3,5,8H,4,6-7H2,1-2H3,(H2,20,22,26,27). The van der Waals surface area contributed by atoms with Crippen LogP contribution in [-0.4, -0.2) is 52.1 Å². The van der Waals surface area contributed by atoms with Crippen molar-refractivity contribution in [1.82, 2.24) is 25.2 Å². The summed E-state index contributed by atoms with van der Waals surface area (Å²) in [4.78, 5) is 29.2. The van der Waals surface area contributed by atoms with Gasteiger partial charge in [-0.1, -0.05) is 25.4 Å². The number of aromatic nitrogens is 3. The molecular formula is C16H17ClF2N6O2. The normalized spacial score (nSPS) is 24.2.